The second kappa shape index (κ2) is 7.03. The SMILES string of the molecule is COC(=O)Cc1nonc1OCCO[Si](C)(C)C(C)(C)C. The summed E-state index contributed by atoms with van der Waals surface area (Å²) in [5, 5.41) is 7.40. The van der Waals surface area contributed by atoms with Gasteiger partial charge in [-0.1, -0.05) is 25.9 Å². The number of esters is 1. The molecule has 0 radical (unpaired) electrons. The molecule has 0 fully saturated rings. The molecule has 0 saturated carbocycles. The van der Waals surface area contributed by atoms with Gasteiger partial charge in [0.25, 0.3) is 5.88 Å². The molecule has 21 heavy (non-hydrogen) atoms. The van der Waals surface area contributed by atoms with Crippen molar-refractivity contribution in [3.8, 4) is 5.88 Å². The molecule has 0 atom stereocenters. The summed E-state index contributed by atoms with van der Waals surface area (Å²) in [5.74, 6) is -0.215. The van der Waals surface area contributed by atoms with Crippen LogP contribution in [0, 0.1) is 0 Å². The second-order valence-corrected chi connectivity index (χ2v) is 11.0. The number of carbonyl (C=O) groups is 1. The van der Waals surface area contributed by atoms with Crippen molar-refractivity contribution >= 4 is 14.3 Å². The molecule has 0 aliphatic heterocycles. The summed E-state index contributed by atoms with van der Waals surface area (Å²) in [4.78, 5) is 11.2. The Kier molecular flexibility index (Phi) is 5.91. The highest BCUT2D eigenvalue weighted by Gasteiger charge is 2.36. The van der Waals surface area contributed by atoms with Crippen LogP contribution in [0.4, 0.5) is 0 Å². The largest absolute Gasteiger partial charge is 0.472 e. The van der Waals surface area contributed by atoms with Gasteiger partial charge in [-0.2, -0.15) is 0 Å². The van der Waals surface area contributed by atoms with Crippen LogP contribution in [0.2, 0.25) is 18.1 Å². The number of hydrogen-bond acceptors (Lipinski definition) is 7. The molecule has 0 unspecified atom stereocenters. The zero-order valence-electron chi connectivity index (χ0n) is 13.6. The first-order valence-corrected chi connectivity index (χ1v) is 9.73. The van der Waals surface area contributed by atoms with Crippen molar-refractivity contribution in [2.45, 2.75) is 45.3 Å². The number of hydrogen-bond donors (Lipinski definition) is 0. The average Bonchev–Trinajstić information content (AvgIpc) is 2.80. The molecule has 0 saturated heterocycles. The highest BCUT2D eigenvalue weighted by molar-refractivity contribution is 6.74. The van der Waals surface area contributed by atoms with Gasteiger partial charge in [-0.05, 0) is 23.3 Å². The molecule has 8 heteroatoms. The van der Waals surface area contributed by atoms with Gasteiger partial charge in [0, 0.05) is 0 Å². The molecule has 0 amide bonds. The summed E-state index contributed by atoms with van der Waals surface area (Å²) < 4.78 is 20.6. The van der Waals surface area contributed by atoms with E-state index >= 15 is 0 Å². The number of nitrogens with zero attached hydrogens (tertiary/aromatic N) is 2. The molecule has 120 valence electrons. The Labute approximate surface area is 126 Å². The van der Waals surface area contributed by atoms with Gasteiger partial charge in [0.2, 0.25) is 0 Å². The van der Waals surface area contributed by atoms with Crippen LogP contribution < -0.4 is 4.74 Å². The van der Waals surface area contributed by atoms with E-state index < -0.39 is 14.3 Å². The normalized spacial score (nSPS) is 12.3. The number of ether oxygens (including phenoxy) is 2. The van der Waals surface area contributed by atoms with Crippen molar-refractivity contribution in [3.05, 3.63) is 5.69 Å². The lowest BCUT2D eigenvalue weighted by Gasteiger charge is -2.36. The number of rotatable bonds is 7. The highest BCUT2D eigenvalue weighted by Crippen LogP contribution is 2.36. The number of aromatic nitrogens is 2. The van der Waals surface area contributed by atoms with Crippen LogP contribution in [-0.2, 0) is 20.4 Å². The molecular weight excluding hydrogens is 292 g/mol. The first-order chi connectivity index (χ1) is 9.67. The maximum atomic E-state index is 11.2. The van der Waals surface area contributed by atoms with E-state index in [0.717, 1.165) is 0 Å². The highest BCUT2D eigenvalue weighted by atomic mass is 28.4. The Balaban J connectivity index is 2.44. The molecule has 7 nitrogen and oxygen atoms in total. The van der Waals surface area contributed by atoms with Crippen LogP contribution in [0.15, 0.2) is 4.63 Å². The molecular formula is C13H24N2O5Si. The molecule has 1 aromatic rings. The molecule has 1 heterocycles. The Morgan fingerprint density at radius 1 is 1.24 bits per heavy atom. The predicted octanol–water partition coefficient (Wildman–Crippen LogP) is 2.19. The summed E-state index contributed by atoms with van der Waals surface area (Å²) in [6, 6.07) is 0. The van der Waals surface area contributed by atoms with Crippen LogP contribution in [0.5, 0.6) is 5.88 Å². The second-order valence-electron chi connectivity index (χ2n) is 6.23. The van der Waals surface area contributed by atoms with Crippen LogP contribution in [-0.4, -0.2) is 44.9 Å². The number of methoxy groups -OCH3 is 1. The third kappa shape index (κ3) is 5.13. The summed E-state index contributed by atoms with van der Waals surface area (Å²) >= 11 is 0. The van der Waals surface area contributed by atoms with Crippen molar-refractivity contribution in [2.75, 3.05) is 20.3 Å². The lowest BCUT2D eigenvalue weighted by Crippen LogP contribution is -2.41. The monoisotopic (exact) mass is 316 g/mol. The Morgan fingerprint density at radius 3 is 2.48 bits per heavy atom. The van der Waals surface area contributed by atoms with E-state index in [1.807, 2.05) is 0 Å². The van der Waals surface area contributed by atoms with E-state index in [-0.39, 0.29) is 17.3 Å². The van der Waals surface area contributed by atoms with E-state index in [1.54, 1.807) is 0 Å². The van der Waals surface area contributed by atoms with Gasteiger partial charge < -0.3 is 13.9 Å². The van der Waals surface area contributed by atoms with E-state index in [1.165, 1.54) is 7.11 Å². The van der Waals surface area contributed by atoms with Gasteiger partial charge >= 0.3 is 5.97 Å². The molecule has 0 N–H and O–H groups in total. The third-order valence-corrected chi connectivity index (χ3v) is 8.19. The number of carbonyl (C=O) groups excluding carboxylic acids is 1. The van der Waals surface area contributed by atoms with Crippen molar-refractivity contribution < 1.29 is 23.3 Å². The first kappa shape index (κ1) is 17.6. The third-order valence-electron chi connectivity index (χ3n) is 3.65. The Hall–Kier alpha value is -1.41. The van der Waals surface area contributed by atoms with Crippen molar-refractivity contribution in [1.29, 1.82) is 0 Å². The minimum Gasteiger partial charge on any atom is -0.472 e. The minimum absolute atomic E-state index is 0.0293. The van der Waals surface area contributed by atoms with Crippen molar-refractivity contribution in [3.63, 3.8) is 0 Å². The van der Waals surface area contributed by atoms with E-state index in [4.69, 9.17) is 9.16 Å². The molecule has 0 aliphatic rings. The molecule has 0 aliphatic carbocycles. The lowest BCUT2D eigenvalue weighted by atomic mass is 10.2. The van der Waals surface area contributed by atoms with Gasteiger partial charge in [-0.25, -0.2) is 4.63 Å². The van der Waals surface area contributed by atoms with Crippen LogP contribution in [0.1, 0.15) is 26.5 Å². The summed E-state index contributed by atoms with van der Waals surface area (Å²) in [5.41, 5.74) is 0.328. The zero-order valence-corrected chi connectivity index (χ0v) is 14.6. The van der Waals surface area contributed by atoms with Crippen LogP contribution >= 0.6 is 0 Å². The van der Waals surface area contributed by atoms with Crippen LogP contribution in [0.3, 0.4) is 0 Å². The minimum atomic E-state index is -1.79. The van der Waals surface area contributed by atoms with Gasteiger partial charge in [0.05, 0.1) is 20.1 Å². The Morgan fingerprint density at radius 2 is 1.90 bits per heavy atom. The fourth-order valence-electron chi connectivity index (χ4n) is 1.28. The van der Waals surface area contributed by atoms with E-state index in [0.29, 0.717) is 18.9 Å². The molecule has 1 rings (SSSR count). The topological polar surface area (TPSA) is 83.7 Å². The summed E-state index contributed by atoms with van der Waals surface area (Å²) in [6.07, 6.45) is -0.0293. The van der Waals surface area contributed by atoms with E-state index in [2.05, 4.69) is 53.5 Å². The molecule has 0 bridgehead atoms. The van der Waals surface area contributed by atoms with Crippen molar-refractivity contribution in [2.24, 2.45) is 0 Å². The maximum Gasteiger partial charge on any atom is 0.311 e. The van der Waals surface area contributed by atoms with Gasteiger partial charge in [-0.15, -0.1) is 0 Å². The summed E-state index contributed by atoms with van der Waals surface area (Å²) in [6.45, 7) is 11.7. The Bertz CT molecular complexity index is 467. The average molecular weight is 316 g/mol. The van der Waals surface area contributed by atoms with Crippen LogP contribution in [0.25, 0.3) is 0 Å². The quantitative estimate of drug-likeness (QED) is 0.433. The molecule has 0 aromatic carbocycles. The van der Waals surface area contributed by atoms with Gasteiger partial charge in [0.1, 0.15) is 6.61 Å². The standard InChI is InChI=1S/C13H24N2O5Si/c1-13(2,3)21(5,6)19-8-7-18-12-10(14-20-15-12)9-11(16)17-4/h7-9H2,1-6H3. The molecule has 1 aromatic heterocycles. The predicted molar refractivity (Wildman–Crippen MR) is 78.7 cm³/mol. The smallest absolute Gasteiger partial charge is 0.311 e. The lowest BCUT2D eigenvalue weighted by molar-refractivity contribution is -0.139. The van der Waals surface area contributed by atoms with Crippen molar-refractivity contribution in [1.82, 2.24) is 10.3 Å². The zero-order chi connectivity index (χ0) is 16.1. The fraction of sp³-hybridized carbons (Fsp3) is 0.769. The van der Waals surface area contributed by atoms with E-state index in [9.17, 15) is 4.79 Å². The van der Waals surface area contributed by atoms with Gasteiger partial charge in [0.15, 0.2) is 14.0 Å². The van der Waals surface area contributed by atoms with Gasteiger partial charge in [-0.3, -0.25) is 4.79 Å². The summed E-state index contributed by atoms with van der Waals surface area (Å²) in [7, 11) is -0.477. The fourth-order valence-corrected chi connectivity index (χ4v) is 2.30. The molecule has 0 spiro atoms. The maximum absolute atomic E-state index is 11.2. The first-order valence-electron chi connectivity index (χ1n) is 6.82.